The molecule has 0 aromatic rings. The summed E-state index contributed by atoms with van der Waals surface area (Å²) in [4.78, 5) is 0. The lowest BCUT2D eigenvalue weighted by Crippen LogP contribution is -2.56. The predicted molar refractivity (Wildman–Crippen MR) is 82.0 cm³/mol. The lowest BCUT2D eigenvalue weighted by molar-refractivity contribution is -0.436. The van der Waals surface area contributed by atoms with Crippen LogP contribution in [0.5, 0.6) is 0 Å². The molecule has 1 saturated heterocycles. The first-order valence-corrected chi connectivity index (χ1v) is 9.58. The van der Waals surface area contributed by atoms with E-state index in [-0.39, 0.29) is 5.73 Å². The van der Waals surface area contributed by atoms with Crippen LogP contribution in [0.2, 0.25) is 0 Å². The summed E-state index contributed by atoms with van der Waals surface area (Å²) in [7, 11) is 1.79. The van der Waals surface area contributed by atoms with E-state index < -0.39 is 21.1 Å². The first kappa shape index (κ1) is 20.0. The van der Waals surface area contributed by atoms with Gasteiger partial charge in [-0.05, 0) is 19.8 Å². The molecule has 0 saturated carbocycles. The van der Waals surface area contributed by atoms with Crippen LogP contribution in [0.1, 0.15) is 40.0 Å². The zero-order valence-corrected chi connectivity index (χ0v) is 15.5. The van der Waals surface area contributed by atoms with Crippen molar-refractivity contribution in [2.75, 3.05) is 34.5 Å². The fourth-order valence-electron chi connectivity index (χ4n) is 2.38. The van der Waals surface area contributed by atoms with Gasteiger partial charge >= 0.3 is 8.80 Å². The van der Waals surface area contributed by atoms with Crippen LogP contribution in [0.4, 0.5) is 0 Å². The lowest BCUT2D eigenvalue weighted by Gasteiger charge is -2.39. The summed E-state index contributed by atoms with van der Waals surface area (Å²) in [6.07, 6.45) is 1.59. The second kappa shape index (κ2) is 9.29. The molecule has 0 N–H and O–H groups in total. The van der Waals surface area contributed by atoms with Crippen LogP contribution in [0, 0.1) is 0 Å². The van der Waals surface area contributed by atoms with Gasteiger partial charge in [-0.15, -0.1) is 0 Å². The van der Waals surface area contributed by atoms with Gasteiger partial charge < -0.3 is 27.5 Å². The number of hydrogen-bond acceptors (Lipinski definition) is 7. The Kier molecular flexibility index (Phi) is 8.43. The van der Waals surface area contributed by atoms with E-state index >= 15 is 0 Å². The first-order chi connectivity index (χ1) is 10.5. The Morgan fingerprint density at radius 2 is 1.59 bits per heavy atom. The highest BCUT2D eigenvalue weighted by molar-refractivity contribution is 6.61. The van der Waals surface area contributed by atoms with Gasteiger partial charge in [-0.2, -0.15) is 0 Å². The van der Waals surface area contributed by atoms with Crippen molar-refractivity contribution in [2.45, 2.75) is 58.0 Å². The minimum atomic E-state index is -2.88. The molecule has 0 bridgehead atoms. The van der Waals surface area contributed by atoms with Crippen molar-refractivity contribution in [1.29, 1.82) is 0 Å². The molecule has 1 rings (SSSR count). The highest BCUT2D eigenvalue weighted by Gasteiger charge is 2.48. The van der Waals surface area contributed by atoms with Crippen LogP contribution in [-0.4, -0.2) is 61.3 Å². The maximum Gasteiger partial charge on any atom is 0.530 e. The Bertz CT molecular complexity index is 297. The molecule has 1 aliphatic rings. The molecule has 2 unspecified atom stereocenters. The molecule has 1 aliphatic heterocycles. The number of hydrogen-bond donors (Lipinski definition) is 0. The molecule has 1 fully saturated rings. The van der Waals surface area contributed by atoms with E-state index in [1.807, 2.05) is 20.8 Å². The Labute approximate surface area is 134 Å². The van der Waals surface area contributed by atoms with E-state index in [1.165, 1.54) is 0 Å². The third-order valence-corrected chi connectivity index (χ3v) is 6.56. The number of rotatable bonds is 10. The zero-order chi connectivity index (χ0) is 16.6. The van der Waals surface area contributed by atoms with Gasteiger partial charge in [-0.1, -0.05) is 13.8 Å². The molecule has 1 heterocycles. The van der Waals surface area contributed by atoms with Crippen molar-refractivity contribution in [1.82, 2.24) is 0 Å². The quantitative estimate of drug-likeness (QED) is 0.446. The summed E-state index contributed by atoms with van der Waals surface area (Å²) in [6, 6.07) is 0. The van der Waals surface area contributed by atoms with E-state index in [9.17, 15) is 0 Å². The van der Waals surface area contributed by atoms with E-state index in [2.05, 4.69) is 0 Å². The fraction of sp³-hybridized carbons (Fsp3) is 1.00. The van der Waals surface area contributed by atoms with Gasteiger partial charge in [-0.3, -0.25) is 4.74 Å². The van der Waals surface area contributed by atoms with Crippen LogP contribution in [0.25, 0.3) is 0 Å². The summed E-state index contributed by atoms with van der Waals surface area (Å²) >= 11 is 0. The van der Waals surface area contributed by atoms with Crippen molar-refractivity contribution in [3.63, 3.8) is 0 Å². The summed E-state index contributed by atoms with van der Waals surface area (Å²) in [6.45, 7) is 7.02. The van der Waals surface area contributed by atoms with Gasteiger partial charge in [0.1, 0.15) is 5.73 Å². The van der Waals surface area contributed by atoms with Crippen LogP contribution < -0.4 is 0 Å². The van der Waals surface area contributed by atoms with Crippen LogP contribution in [0.3, 0.4) is 0 Å². The van der Waals surface area contributed by atoms with Gasteiger partial charge in [-0.25, -0.2) is 0 Å². The molecule has 0 aromatic heterocycles. The Balaban J connectivity index is 2.71. The third-order valence-electron chi connectivity index (χ3n) is 3.72. The van der Waals surface area contributed by atoms with E-state index in [0.717, 1.165) is 6.42 Å². The Hall–Kier alpha value is -0.0631. The monoisotopic (exact) mass is 338 g/mol. The van der Waals surface area contributed by atoms with Crippen molar-refractivity contribution in [2.24, 2.45) is 0 Å². The molecule has 2 atom stereocenters. The average Bonchev–Trinajstić information content (AvgIpc) is 2.57. The molecular weight excluding hydrogens is 308 g/mol. The summed E-state index contributed by atoms with van der Waals surface area (Å²) in [5.74, 6) is -1.03. The standard InChI is InChI=1S/C14H30O7Si/c1-7-13(20-12(3)22(15-4,16-5)17-6)21-14(8-2)18-10-9-11-19-14/h12-13H,7-11H2,1-6H3. The molecule has 7 nitrogen and oxygen atoms in total. The molecule has 22 heavy (non-hydrogen) atoms. The molecule has 0 aromatic carbocycles. The van der Waals surface area contributed by atoms with E-state index in [0.29, 0.717) is 26.1 Å². The second-order valence-corrected chi connectivity index (χ2v) is 8.28. The van der Waals surface area contributed by atoms with Gasteiger partial charge in [0.05, 0.1) is 13.2 Å². The Morgan fingerprint density at radius 1 is 1.05 bits per heavy atom. The van der Waals surface area contributed by atoms with Gasteiger partial charge in [0.15, 0.2) is 6.29 Å². The number of ether oxygens (including phenoxy) is 4. The average molecular weight is 338 g/mol. The summed E-state index contributed by atoms with van der Waals surface area (Å²) < 4.78 is 39.6. The minimum Gasteiger partial charge on any atom is -0.375 e. The maximum atomic E-state index is 5.97. The first-order valence-electron chi connectivity index (χ1n) is 7.78. The molecular formula is C14H30O7Si. The van der Waals surface area contributed by atoms with Crippen molar-refractivity contribution in [3.05, 3.63) is 0 Å². The second-order valence-electron chi connectivity index (χ2n) is 5.04. The largest absolute Gasteiger partial charge is 0.530 e. The van der Waals surface area contributed by atoms with Gasteiger partial charge in [0.2, 0.25) is 0 Å². The third kappa shape index (κ3) is 4.72. The predicted octanol–water partition coefficient (Wildman–Crippen LogP) is 2.06. The SMILES string of the molecule is CCC(OC(C)[Si](OC)(OC)OC)OC1(CC)OCCCO1. The minimum absolute atomic E-state index is 0.380. The highest BCUT2D eigenvalue weighted by Crippen LogP contribution is 2.28. The van der Waals surface area contributed by atoms with Gasteiger partial charge in [0.25, 0.3) is 5.97 Å². The zero-order valence-electron chi connectivity index (χ0n) is 14.5. The van der Waals surface area contributed by atoms with E-state index in [1.54, 1.807) is 21.3 Å². The van der Waals surface area contributed by atoms with Gasteiger partial charge in [0, 0.05) is 27.8 Å². The maximum absolute atomic E-state index is 5.97. The van der Waals surface area contributed by atoms with E-state index in [4.69, 9.17) is 32.2 Å². The van der Waals surface area contributed by atoms with Crippen molar-refractivity contribution in [3.8, 4) is 0 Å². The molecule has 132 valence electrons. The van der Waals surface area contributed by atoms with Crippen molar-refractivity contribution >= 4 is 8.80 Å². The fourth-order valence-corrected chi connectivity index (χ4v) is 4.19. The van der Waals surface area contributed by atoms with Crippen LogP contribution >= 0.6 is 0 Å². The normalized spacial score (nSPS) is 21.5. The molecule has 0 amide bonds. The summed E-state index contributed by atoms with van der Waals surface area (Å²) in [5, 5.41) is 0. The molecule has 8 heteroatoms. The Morgan fingerprint density at radius 3 is 2.00 bits per heavy atom. The smallest absolute Gasteiger partial charge is 0.375 e. The summed E-state index contributed by atoms with van der Waals surface area (Å²) in [5.41, 5.74) is -0.380. The highest BCUT2D eigenvalue weighted by atomic mass is 28.4. The van der Waals surface area contributed by atoms with Crippen LogP contribution in [0.15, 0.2) is 0 Å². The molecule has 0 aliphatic carbocycles. The van der Waals surface area contributed by atoms with Crippen molar-refractivity contribution < 1.29 is 32.2 Å². The van der Waals surface area contributed by atoms with Crippen LogP contribution in [-0.2, 0) is 32.2 Å². The lowest BCUT2D eigenvalue weighted by atomic mass is 10.3. The molecule has 0 spiro atoms. The topological polar surface area (TPSA) is 64.6 Å². The molecule has 0 radical (unpaired) electrons.